The van der Waals surface area contributed by atoms with Gasteiger partial charge in [-0.15, -0.1) is 0 Å². The van der Waals surface area contributed by atoms with Gasteiger partial charge in [0.25, 0.3) is 5.91 Å². The molecule has 1 N–H and O–H groups in total. The SMILES string of the molecule is Cc1ccc(C(=O)NCCN(C)C(C)C)cc1Br. The number of aryl methyl sites for hydroxylation is 1. The van der Waals surface area contributed by atoms with E-state index >= 15 is 0 Å². The van der Waals surface area contributed by atoms with Crippen LogP contribution in [-0.4, -0.2) is 37.0 Å². The summed E-state index contributed by atoms with van der Waals surface area (Å²) in [7, 11) is 2.05. The lowest BCUT2D eigenvalue weighted by Crippen LogP contribution is -2.36. The van der Waals surface area contributed by atoms with Crippen LogP contribution < -0.4 is 5.32 Å². The number of nitrogens with zero attached hydrogens (tertiary/aromatic N) is 1. The van der Waals surface area contributed by atoms with Crippen LogP contribution in [0.25, 0.3) is 0 Å². The molecule has 0 unspecified atom stereocenters. The van der Waals surface area contributed by atoms with Gasteiger partial charge in [-0.3, -0.25) is 4.79 Å². The largest absolute Gasteiger partial charge is 0.351 e. The molecule has 0 saturated heterocycles. The van der Waals surface area contributed by atoms with Gasteiger partial charge in [0.05, 0.1) is 0 Å². The van der Waals surface area contributed by atoms with Gasteiger partial charge in [0, 0.05) is 29.2 Å². The number of halogens is 1. The molecule has 1 aromatic carbocycles. The van der Waals surface area contributed by atoms with Crippen molar-refractivity contribution in [1.29, 1.82) is 0 Å². The third kappa shape index (κ3) is 4.42. The number of amides is 1. The molecule has 0 bridgehead atoms. The molecule has 18 heavy (non-hydrogen) atoms. The van der Waals surface area contributed by atoms with Crippen molar-refractivity contribution >= 4 is 21.8 Å². The van der Waals surface area contributed by atoms with E-state index in [4.69, 9.17) is 0 Å². The lowest BCUT2D eigenvalue weighted by Gasteiger charge is -2.20. The molecule has 0 saturated carbocycles. The highest BCUT2D eigenvalue weighted by atomic mass is 79.9. The fourth-order valence-electron chi connectivity index (χ4n) is 1.44. The fourth-order valence-corrected chi connectivity index (χ4v) is 1.82. The van der Waals surface area contributed by atoms with Crippen LogP contribution in [0.4, 0.5) is 0 Å². The van der Waals surface area contributed by atoms with Crippen LogP contribution in [-0.2, 0) is 0 Å². The van der Waals surface area contributed by atoms with Crippen LogP contribution in [0.1, 0.15) is 29.8 Å². The highest BCUT2D eigenvalue weighted by Gasteiger charge is 2.08. The predicted octanol–water partition coefficient (Wildman–Crippen LogP) is 2.83. The summed E-state index contributed by atoms with van der Waals surface area (Å²) in [6.45, 7) is 7.80. The van der Waals surface area contributed by atoms with Crippen molar-refractivity contribution in [2.75, 3.05) is 20.1 Å². The maximum absolute atomic E-state index is 11.9. The third-order valence-electron chi connectivity index (χ3n) is 3.07. The minimum atomic E-state index is -0.0205. The van der Waals surface area contributed by atoms with E-state index in [-0.39, 0.29) is 5.91 Å². The normalized spacial score (nSPS) is 11.1. The Bertz CT molecular complexity index is 418. The highest BCUT2D eigenvalue weighted by molar-refractivity contribution is 9.10. The number of likely N-dealkylation sites (N-methyl/N-ethyl adjacent to an activating group) is 1. The van der Waals surface area contributed by atoms with Gasteiger partial charge in [0.1, 0.15) is 0 Å². The number of rotatable bonds is 5. The van der Waals surface area contributed by atoms with Crippen molar-refractivity contribution in [2.24, 2.45) is 0 Å². The van der Waals surface area contributed by atoms with Crippen LogP contribution in [0.15, 0.2) is 22.7 Å². The topological polar surface area (TPSA) is 32.3 Å². The standard InChI is InChI=1S/C14H21BrN2O/c1-10(2)17(4)8-7-16-14(18)12-6-5-11(3)13(15)9-12/h5-6,9-10H,7-8H2,1-4H3,(H,16,18). The number of nitrogens with one attached hydrogen (secondary N) is 1. The van der Waals surface area contributed by atoms with E-state index in [9.17, 15) is 4.79 Å². The molecule has 1 amide bonds. The maximum Gasteiger partial charge on any atom is 0.251 e. The summed E-state index contributed by atoms with van der Waals surface area (Å²) < 4.78 is 0.967. The smallest absolute Gasteiger partial charge is 0.251 e. The molecule has 0 aliphatic rings. The van der Waals surface area contributed by atoms with E-state index in [1.165, 1.54) is 0 Å². The van der Waals surface area contributed by atoms with Crippen molar-refractivity contribution in [3.63, 3.8) is 0 Å². The van der Waals surface area contributed by atoms with Crippen molar-refractivity contribution < 1.29 is 4.79 Å². The van der Waals surface area contributed by atoms with Gasteiger partial charge in [-0.25, -0.2) is 0 Å². The molecule has 0 aromatic heterocycles. The first-order valence-electron chi connectivity index (χ1n) is 6.16. The van der Waals surface area contributed by atoms with E-state index in [0.717, 1.165) is 16.6 Å². The van der Waals surface area contributed by atoms with Gasteiger partial charge in [-0.05, 0) is 45.5 Å². The Balaban J connectivity index is 2.48. The Hall–Kier alpha value is -0.870. The van der Waals surface area contributed by atoms with Crippen molar-refractivity contribution in [3.05, 3.63) is 33.8 Å². The molecular formula is C14H21BrN2O. The third-order valence-corrected chi connectivity index (χ3v) is 3.92. The van der Waals surface area contributed by atoms with Crippen molar-refractivity contribution in [3.8, 4) is 0 Å². The van der Waals surface area contributed by atoms with Gasteiger partial charge in [0.2, 0.25) is 0 Å². The van der Waals surface area contributed by atoms with E-state index in [1.54, 1.807) is 0 Å². The number of benzene rings is 1. The number of carbonyl (C=O) groups is 1. The summed E-state index contributed by atoms with van der Waals surface area (Å²) in [4.78, 5) is 14.1. The second kappa shape index (κ2) is 6.90. The van der Waals surface area contributed by atoms with Crippen molar-refractivity contribution in [1.82, 2.24) is 10.2 Å². The van der Waals surface area contributed by atoms with Crippen molar-refractivity contribution in [2.45, 2.75) is 26.8 Å². The lowest BCUT2D eigenvalue weighted by atomic mass is 10.1. The summed E-state index contributed by atoms with van der Waals surface area (Å²) in [5.41, 5.74) is 1.82. The quantitative estimate of drug-likeness (QED) is 0.906. The molecule has 0 fully saturated rings. The van der Waals surface area contributed by atoms with Gasteiger partial charge < -0.3 is 10.2 Å². The van der Waals surface area contributed by atoms with Crippen LogP contribution in [0.5, 0.6) is 0 Å². The summed E-state index contributed by atoms with van der Waals surface area (Å²) in [5.74, 6) is -0.0205. The first-order valence-corrected chi connectivity index (χ1v) is 6.95. The Labute approximate surface area is 118 Å². The van der Waals surface area contributed by atoms with E-state index in [1.807, 2.05) is 25.1 Å². The average molecular weight is 313 g/mol. The average Bonchev–Trinajstić information content (AvgIpc) is 2.32. The van der Waals surface area contributed by atoms with Crippen LogP contribution in [0, 0.1) is 6.92 Å². The molecule has 100 valence electrons. The molecule has 1 aromatic rings. The van der Waals surface area contributed by atoms with Crippen LogP contribution in [0.2, 0.25) is 0 Å². The summed E-state index contributed by atoms with van der Waals surface area (Å²) >= 11 is 3.44. The highest BCUT2D eigenvalue weighted by Crippen LogP contribution is 2.17. The molecule has 4 heteroatoms. The minimum Gasteiger partial charge on any atom is -0.351 e. The zero-order valence-corrected chi connectivity index (χ0v) is 13.0. The Morgan fingerprint density at radius 1 is 1.44 bits per heavy atom. The summed E-state index contributed by atoms with van der Waals surface area (Å²) in [6.07, 6.45) is 0. The lowest BCUT2D eigenvalue weighted by molar-refractivity contribution is 0.0948. The predicted molar refractivity (Wildman–Crippen MR) is 79.0 cm³/mol. The Morgan fingerprint density at radius 2 is 2.11 bits per heavy atom. The number of hydrogen-bond donors (Lipinski definition) is 1. The molecule has 0 atom stereocenters. The monoisotopic (exact) mass is 312 g/mol. The van der Waals surface area contributed by atoms with Gasteiger partial charge in [-0.2, -0.15) is 0 Å². The van der Waals surface area contributed by atoms with Crippen LogP contribution in [0.3, 0.4) is 0 Å². The molecule has 0 spiro atoms. The molecule has 0 radical (unpaired) electrons. The maximum atomic E-state index is 11.9. The van der Waals surface area contributed by atoms with E-state index < -0.39 is 0 Å². The number of carbonyl (C=O) groups excluding carboxylic acids is 1. The number of hydrogen-bond acceptors (Lipinski definition) is 2. The summed E-state index contributed by atoms with van der Waals surface area (Å²) in [5, 5.41) is 2.93. The molecule has 3 nitrogen and oxygen atoms in total. The zero-order valence-electron chi connectivity index (χ0n) is 11.5. The van der Waals surface area contributed by atoms with Gasteiger partial charge in [0.15, 0.2) is 0 Å². The molecule has 1 rings (SSSR count). The van der Waals surface area contributed by atoms with E-state index in [0.29, 0.717) is 18.2 Å². The van der Waals surface area contributed by atoms with Gasteiger partial charge >= 0.3 is 0 Å². The fraction of sp³-hybridized carbons (Fsp3) is 0.500. The molecule has 0 aliphatic carbocycles. The second-order valence-electron chi connectivity index (χ2n) is 4.79. The second-order valence-corrected chi connectivity index (χ2v) is 5.65. The summed E-state index contributed by atoms with van der Waals surface area (Å²) in [6, 6.07) is 6.15. The van der Waals surface area contributed by atoms with Gasteiger partial charge in [-0.1, -0.05) is 22.0 Å². The first kappa shape index (κ1) is 15.2. The van der Waals surface area contributed by atoms with Crippen LogP contribution >= 0.6 is 15.9 Å². The Kier molecular flexibility index (Phi) is 5.82. The molecule has 0 heterocycles. The minimum absolute atomic E-state index is 0.0205. The molecular weight excluding hydrogens is 292 g/mol. The van der Waals surface area contributed by atoms with E-state index in [2.05, 4.69) is 47.0 Å². The Morgan fingerprint density at radius 3 is 2.67 bits per heavy atom. The molecule has 0 aliphatic heterocycles. The zero-order chi connectivity index (χ0) is 13.7. The first-order chi connectivity index (χ1) is 8.41.